The molecule has 1 unspecified atom stereocenters. The summed E-state index contributed by atoms with van der Waals surface area (Å²) in [6.45, 7) is 1.97. The monoisotopic (exact) mass is 217 g/mol. The summed E-state index contributed by atoms with van der Waals surface area (Å²) in [6, 6.07) is -1.31. The highest BCUT2D eigenvalue weighted by Gasteiger charge is 2.18. The first-order valence-corrected chi connectivity index (χ1v) is 4.94. The van der Waals surface area contributed by atoms with E-state index in [0.29, 0.717) is 6.42 Å². The van der Waals surface area contributed by atoms with Gasteiger partial charge in [-0.3, -0.25) is 5.43 Å². The molecule has 0 heterocycles. The number of hydrazine groups is 1. The van der Waals surface area contributed by atoms with E-state index in [9.17, 15) is 9.59 Å². The second-order valence-electron chi connectivity index (χ2n) is 3.51. The lowest BCUT2D eigenvalue weighted by Gasteiger charge is -2.17. The van der Waals surface area contributed by atoms with Gasteiger partial charge < -0.3 is 10.4 Å². The number of rotatable bonds is 6. The molecule has 0 saturated carbocycles. The predicted octanol–water partition coefficient (Wildman–Crippen LogP) is 0.406. The van der Waals surface area contributed by atoms with Crippen molar-refractivity contribution in [2.45, 2.75) is 32.2 Å². The lowest BCUT2D eigenvalue weighted by Crippen LogP contribution is -2.49. The van der Waals surface area contributed by atoms with Crippen LogP contribution in [0.3, 0.4) is 0 Å². The molecule has 0 radical (unpaired) electrons. The molecule has 0 aliphatic carbocycles. The normalized spacial score (nSPS) is 12.3. The van der Waals surface area contributed by atoms with Crippen LogP contribution in [0.5, 0.6) is 0 Å². The number of unbranched alkanes of at least 4 members (excludes halogenated alkanes) is 1. The Morgan fingerprint density at radius 1 is 1.40 bits per heavy atom. The first-order valence-electron chi connectivity index (χ1n) is 4.94. The van der Waals surface area contributed by atoms with Gasteiger partial charge in [-0.2, -0.15) is 0 Å². The second kappa shape index (κ2) is 7.05. The maximum atomic E-state index is 11.2. The average Bonchev–Trinajstić information content (AvgIpc) is 2.10. The first-order chi connectivity index (χ1) is 6.97. The first kappa shape index (κ1) is 13.7. The summed E-state index contributed by atoms with van der Waals surface area (Å²) in [5.41, 5.74) is 2.42. The number of carbonyl (C=O) groups is 2. The van der Waals surface area contributed by atoms with Gasteiger partial charge in [-0.1, -0.05) is 19.8 Å². The van der Waals surface area contributed by atoms with E-state index < -0.39 is 18.0 Å². The Morgan fingerprint density at radius 2 is 2.00 bits per heavy atom. The molecule has 0 rings (SSSR count). The Kier molecular flexibility index (Phi) is 6.44. The number of nitrogens with one attached hydrogen (secondary N) is 2. The van der Waals surface area contributed by atoms with Crippen molar-refractivity contribution in [1.82, 2.24) is 15.8 Å². The van der Waals surface area contributed by atoms with Crippen LogP contribution in [0.2, 0.25) is 0 Å². The van der Waals surface area contributed by atoms with E-state index in [2.05, 4.69) is 10.7 Å². The quantitative estimate of drug-likeness (QED) is 0.563. The van der Waals surface area contributed by atoms with Gasteiger partial charge in [0.1, 0.15) is 6.04 Å². The maximum Gasteiger partial charge on any atom is 0.330 e. The molecule has 0 saturated heterocycles. The van der Waals surface area contributed by atoms with Crippen LogP contribution in [-0.2, 0) is 4.79 Å². The minimum Gasteiger partial charge on any atom is -0.480 e. The molecule has 0 aliphatic heterocycles. The fourth-order valence-electron chi connectivity index (χ4n) is 1.06. The third-order valence-corrected chi connectivity index (χ3v) is 1.77. The molecule has 0 aliphatic rings. The highest BCUT2D eigenvalue weighted by atomic mass is 16.4. The van der Waals surface area contributed by atoms with Crippen molar-refractivity contribution in [1.29, 1.82) is 0 Å². The number of carbonyl (C=O) groups excluding carboxylic acids is 1. The van der Waals surface area contributed by atoms with E-state index in [-0.39, 0.29) is 0 Å². The number of urea groups is 1. The van der Waals surface area contributed by atoms with Crippen molar-refractivity contribution >= 4 is 12.0 Å². The summed E-state index contributed by atoms with van der Waals surface area (Å²) < 4.78 is 0. The van der Waals surface area contributed by atoms with Crippen molar-refractivity contribution in [2.75, 3.05) is 14.1 Å². The number of hydrogen-bond donors (Lipinski definition) is 3. The number of amides is 2. The molecule has 1 atom stereocenters. The van der Waals surface area contributed by atoms with Crippen molar-refractivity contribution in [3.8, 4) is 0 Å². The van der Waals surface area contributed by atoms with Crippen LogP contribution in [0.15, 0.2) is 0 Å². The number of hydrogen-bond acceptors (Lipinski definition) is 3. The van der Waals surface area contributed by atoms with Crippen LogP contribution in [-0.4, -0.2) is 42.3 Å². The molecule has 0 bridgehead atoms. The van der Waals surface area contributed by atoms with Crippen molar-refractivity contribution in [2.24, 2.45) is 0 Å². The fraction of sp³-hybridized carbons (Fsp3) is 0.778. The third-order valence-electron chi connectivity index (χ3n) is 1.77. The van der Waals surface area contributed by atoms with Crippen LogP contribution in [0, 0.1) is 0 Å². The molecule has 2 amide bonds. The lowest BCUT2D eigenvalue weighted by atomic mass is 10.1. The Labute approximate surface area is 89.6 Å². The molecule has 0 fully saturated rings. The molecular weight excluding hydrogens is 198 g/mol. The van der Waals surface area contributed by atoms with E-state index in [1.165, 1.54) is 5.01 Å². The third kappa shape index (κ3) is 6.73. The zero-order valence-electron chi connectivity index (χ0n) is 9.41. The molecule has 88 valence electrons. The van der Waals surface area contributed by atoms with Gasteiger partial charge in [-0.25, -0.2) is 14.6 Å². The topological polar surface area (TPSA) is 81.7 Å². The summed E-state index contributed by atoms with van der Waals surface area (Å²) in [5.74, 6) is -1.00. The zero-order chi connectivity index (χ0) is 11.8. The van der Waals surface area contributed by atoms with Crippen LogP contribution < -0.4 is 10.7 Å². The SMILES string of the molecule is CCCCC(NC(=O)NN(C)C)C(=O)O. The summed E-state index contributed by atoms with van der Waals surface area (Å²) in [4.78, 5) is 22.0. The van der Waals surface area contributed by atoms with Gasteiger partial charge in [0.15, 0.2) is 0 Å². The lowest BCUT2D eigenvalue weighted by molar-refractivity contribution is -0.139. The van der Waals surface area contributed by atoms with Crippen LogP contribution in [0.1, 0.15) is 26.2 Å². The van der Waals surface area contributed by atoms with E-state index in [0.717, 1.165) is 12.8 Å². The van der Waals surface area contributed by atoms with Crippen molar-refractivity contribution in [3.63, 3.8) is 0 Å². The fourth-order valence-corrected chi connectivity index (χ4v) is 1.06. The van der Waals surface area contributed by atoms with Crippen LogP contribution >= 0.6 is 0 Å². The largest absolute Gasteiger partial charge is 0.480 e. The minimum absolute atomic E-state index is 0.451. The smallest absolute Gasteiger partial charge is 0.330 e. The molecule has 6 heteroatoms. The molecule has 0 spiro atoms. The van der Waals surface area contributed by atoms with E-state index in [1.807, 2.05) is 6.92 Å². The Balaban J connectivity index is 4.04. The molecule has 0 aromatic heterocycles. The highest BCUT2D eigenvalue weighted by molar-refractivity contribution is 5.82. The highest BCUT2D eigenvalue weighted by Crippen LogP contribution is 2.00. The van der Waals surface area contributed by atoms with Gasteiger partial charge in [0.25, 0.3) is 0 Å². The second-order valence-corrected chi connectivity index (χ2v) is 3.51. The average molecular weight is 217 g/mol. The summed E-state index contributed by atoms with van der Waals surface area (Å²) in [7, 11) is 3.31. The predicted molar refractivity (Wildman–Crippen MR) is 56.3 cm³/mol. The zero-order valence-corrected chi connectivity index (χ0v) is 9.41. The van der Waals surface area contributed by atoms with Gasteiger partial charge in [0, 0.05) is 14.1 Å². The van der Waals surface area contributed by atoms with Gasteiger partial charge in [-0.05, 0) is 6.42 Å². The molecule has 3 N–H and O–H groups in total. The van der Waals surface area contributed by atoms with Gasteiger partial charge in [-0.15, -0.1) is 0 Å². The van der Waals surface area contributed by atoms with E-state index in [1.54, 1.807) is 14.1 Å². The maximum absolute atomic E-state index is 11.2. The Morgan fingerprint density at radius 3 is 2.40 bits per heavy atom. The van der Waals surface area contributed by atoms with Crippen molar-refractivity contribution < 1.29 is 14.7 Å². The van der Waals surface area contributed by atoms with Crippen LogP contribution in [0.4, 0.5) is 4.79 Å². The van der Waals surface area contributed by atoms with Crippen LogP contribution in [0.25, 0.3) is 0 Å². The molecule has 6 nitrogen and oxygen atoms in total. The summed E-state index contributed by atoms with van der Waals surface area (Å²) >= 11 is 0. The molecular formula is C9H19N3O3. The molecule has 15 heavy (non-hydrogen) atoms. The number of carboxylic acids is 1. The van der Waals surface area contributed by atoms with E-state index in [4.69, 9.17) is 5.11 Å². The number of nitrogens with zero attached hydrogens (tertiary/aromatic N) is 1. The molecule has 0 aromatic carbocycles. The minimum atomic E-state index is -1.00. The van der Waals surface area contributed by atoms with E-state index >= 15 is 0 Å². The van der Waals surface area contributed by atoms with Gasteiger partial charge in [0.05, 0.1) is 0 Å². The van der Waals surface area contributed by atoms with Gasteiger partial charge in [0.2, 0.25) is 0 Å². The molecule has 0 aromatic rings. The van der Waals surface area contributed by atoms with Gasteiger partial charge >= 0.3 is 12.0 Å². The van der Waals surface area contributed by atoms with Crippen molar-refractivity contribution in [3.05, 3.63) is 0 Å². The summed E-state index contributed by atoms with van der Waals surface area (Å²) in [5, 5.41) is 12.7. The number of carboxylic acid groups (broad SMARTS) is 1. The Bertz CT molecular complexity index is 219. The standard InChI is InChI=1S/C9H19N3O3/c1-4-5-6-7(8(13)14)10-9(15)11-12(2)3/h7H,4-6H2,1-3H3,(H,13,14)(H2,10,11,15). The summed E-state index contributed by atoms with van der Waals surface area (Å²) in [6.07, 6.45) is 2.13. The Hall–Kier alpha value is -1.30. The number of aliphatic carboxylic acids is 1.